The molecule has 6 rings (SSSR count). The molecule has 1 fully saturated rings. The van der Waals surface area contributed by atoms with Crippen LogP contribution in [0.1, 0.15) is 52.4 Å². The first-order valence-electron chi connectivity index (χ1n) is 13.7. The molecule has 1 atom stereocenters. The Hall–Kier alpha value is -3.90. The second kappa shape index (κ2) is 10.5. The monoisotopic (exact) mass is 506 g/mol. The first-order valence-corrected chi connectivity index (χ1v) is 13.7. The average molecular weight is 507 g/mol. The van der Waals surface area contributed by atoms with E-state index < -0.39 is 0 Å². The van der Waals surface area contributed by atoms with Gasteiger partial charge in [-0.3, -0.25) is 9.59 Å². The summed E-state index contributed by atoms with van der Waals surface area (Å²) in [7, 11) is 0. The van der Waals surface area contributed by atoms with Crippen molar-refractivity contribution in [2.24, 2.45) is 0 Å². The van der Waals surface area contributed by atoms with Crippen LogP contribution in [0.25, 0.3) is 22.2 Å². The SMILES string of the molecule is Cc1ccc(-c2[nH]c3ccccc3c2C2c3ccccc3C(=O)N2CCC(=O)NCCN2CCCC2)cc1. The molecule has 0 spiro atoms. The number of nitrogens with one attached hydrogen (secondary N) is 2. The molecule has 1 unspecified atom stereocenters. The summed E-state index contributed by atoms with van der Waals surface area (Å²) in [5.41, 5.74) is 7.12. The molecule has 3 aromatic carbocycles. The minimum Gasteiger partial charge on any atom is -0.355 e. The summed E-state index contributed by atoms with van der Waals surface area (Å²) < 4.78 is 0. The van der Waals surface area contributed by atoms with Gasteiger partial charge in [-0.1, -0.05) is 66.2 Å². The van der Waals surface area contributed by atoms with E-state index in [4.69, 9.17) is 0 Å². The molecular formula is C32H34N4O2. The number of para-hydroxylation sites is 1. The molecule has 4 aromatic rings. The predicted octanol–water partition coefficient (Wildman–Crippen LogP) is 5.29. The smallest absolute Gasteiger partial charge is 0.255 e. The molecule has 2 aliphatic heterocycles. The van der Waals surface area contributed by atoms with Gasteiger partial charge in [-0.25, -0.2) is 0 Å². The number of fused-ring (bicyclic) bond motifs is 2. The highest BCUT2D eigenvalue weighted by Crippen LogP contribution is 2.45. The van der Waals surface area contributed by atoms with Crippen molar-refractivity contribution in [1.82, 2.24) is 20.1 Å². The number of nitrogens with zero attached hydrogens (tertiary/aromatic N) is 2. The number of amides is 2. The molecule has 6 heteroatoms. The fraction of sp³-hybridized carbons (Fsp3) is 0.312. The van der Waals surface area contributed by atoms with Crippen molar-refractivity contribution in [3.63, 3.8) is 0 Å². The lowest BCUT2D eigenvalue weighted by Crippen LogP contribution is -2.36. The Morgan fingerprint density at radius 2 is 1.68 bits per heavy atom. The molecule has 1 aromatic heterocycles. The van der Waals surface area contributed by atoms with Gasteiger partial charge in [-0.05, 0) is 56.1 Å². The number of aromatic nitrogens is 1. The Labute approximate surface area is 223 Å². The van der Waals surface area contributed by atoms with Crippen LogP contribution < -0.4 is 5.32 Å². The summed E-state index contributed by atoms with van der Waals surface area (Å²) in [5.74, 6) is -0.0278. The second-order valence-corrected chi connectivity index (χ2v) is 10.5. The van der Waals surface area contributed by atoms with Crippen LogP contribution in [0.2, 0.25) is 0 Å². The van der Waals surface area contributed by atoms with Gasteiger partial charge in [0.1, 0.15) is 0 Å². The number of aryl methyl sites for hydroxylation is 1. The van der Waals surface area contributed by atoms with E-state index in [9.17, 15) is 9.59 Å². The maximum Gasteiger partial charge on any atom is 0.255 e. The summed E-state index contributed by atoms with van der Waals surface area (Å²) in [4.78, 5) is 34.4. The van der Waals surface area contributed by atoms with E-state index in [1.165, 1.54) is 18.4 Å². The van der Waals surface area contributed by atoms with Crippen molar-refractivity contribution in [3.05, 3.63) is 95.1 Å². The van der Waals surface area contributed by atoms with E-state index >= 15 is 0 Å². The highest BCUT2D eigenvalue weighted by molar-refractivity contribution is 6.02. The normalized spacial score (nSPS) is 17.3. The van der Waals surface area contributed by atoms with E-state index in [1.54, 1.807) is 0 Å². The van der Waals surface area contributed by atoms with Crippen LogP contribution in [0.3, 0.4) is 0 Å². The first kappa shape index (κ1) is 24.4. The average Bonchev–Trinajstić information content (AvgIpc) is 3.65. The standard InChI is InChI=1S/C32H34N4O2/c1-22-12-14-23(15-13-22)30-29(26-10-4-5-11-27(26)34-30)31-24-8-2-3-9-25(24)32(38)36(31)20-16-28(37)33-17-21-35-18-6-7-19-35/h2-5,8-15,31,34H,6-7,16-21H2,1H3,(H,33,37). The molecule has 2 amide bonds. The number of hydrogen-bond acceptors (Lipinski definition) is 3. The van der Waals surface area contributed by atoms with Gasteiger partial charge >= 0.3 is 0 Å². The minimum absolute atomic E-state index is 0.00983. The number of hydrogen-bond donors (Lipinski definition) is 2. The molecule has 194 valence electrons. The summed E-state index contributed by atoms with van der Waals surface area (Å²) >= 11 is 0. The Bertz CT molecular complexity index is 1470. The lowest BCUT2D eigenvalue weighted by Gasteiger charge is -2.26. The van der Waals surface area contributed by atoms with Crippen molar-refractivity contribution in [2.45, 2.75) is 32.2 Å². The number of H-pyrrole nitrogens is 1. The zero-order valence-electron chi connectivity index (χ0n) is 21.9. The fourth-order valence-electron chi connectivity index (χ4n) is 5.98. The molecule has 0 bridgehead atoms. The van der Waals surface area contributed by atoms with Gasteiger partial charge in [-0.15, -0.1) is 0 Å². The van der Waals surface area contributed by atoms with E-state index in [-0.39, 0.29) is 24.3 Å². The molecule has 0 aliphatic carbocycles. The molecule has 38 heavy (non-hydrogen) atoms. The summed E-state index contributed by atoms with van der Waals surface area (Å²) in [5, 5.41) is 4.16. The van der Waals surface area contributed by atoms with Crippen molar-refractivity contribution >= 4 is 22.7 Å². The Kier molecular flexibility index (Phi) is 6.73. The van der Waals surface area contributed by atoms with Gasteiger partial charge in [0.2, 0.25) is 5.91 Å². The molecule has 3 heterocycles. The van der Waals surface area contributed by atoms with Crippen LogP contribution >= 0.6 is 0 Å². The van der Waals surface area contributed by atoms with Crippen molar-refractivity contribution in [1.29, 1.82) is 0 Å². The first-order chi connectivity index (χ1) is 18.6. The van der Waals surface area contributed by atoms with Crippen LogP contribution in [0.15, 0.2) is 72.8 Å². The quantitative estimate of drug-likeness (QED) is 0.341. The van der Waals surface area contributed by atoms with Crippen LogP contribution in [-0.2, 0) is 4.79 Å². The summed E-state index contributed by atoms with van der Waals surface area (Å²) in [6.07, 6.45) is 2.76. The topological polar surface area (TPSA) is 68.4 Å². The van der Waals surface area contributed by atoms with Gasteiger partial charge in [0.25, 0.3) is 5.91 Å². The molecule has 2 N–H and O–H groups in total. The molecule has 0 saturated carbocycles. The Morgan fingerprint density at radius 3 is 2.50 bits per heavy atom. The van der Waals surface area contributed by atoms with Gasteiger partial charge < -0.3 is 20.1 Å². The Morgan fingerprint density at radius 1 is 0.947 bits per heavy atom. The number of carbonyl (C=O) groups excluding carboxylic acids is 2. The van der Waals surface area contributed by atoms with Gasteiger partial charge in [-0.2, -0.15) is 0 Å². The third-order valence-corrected chi connectivity index (χ3v) is 7.95. The summed E-state index contributed by atoms with van der Waals surface area (Å²) in [6.45, 7) is 6.21. The highest BCUT2D eigenvalue weighted by atomic mass is 16.2. The van der Waals surface area contributed by atoms with Crippen LogP contribution in [0.5, 0.6) is 0 Å². The maximum absolute atomic E-state index is 13.7. The number of rotatable bonds is 8. The molecule has 0 radical (unpaired) electrons. The van der Waals surface area contributed by atoms with Crippen molar-refractivity contribution < 1.29 is 9.59 Å². The molecule has 2 aliphatic rings. The third-order valence-electron chi connectivity index (χ3n) is 7.95. The Balaban J connectivity index is 1.32. The van der Waals surface area contributed by atoms with E-state index in [2.05, 4.69) is 64.6 Å². The number of likely N-dealkylation sites (tertiary alicyclic amines) is 1. The van der Waals surface area contributed by atoms with Crippen LogP contribution in [0.4, 0.5) is 0 Å². The van der Waals surface area contributed by atoms with Crippen LogP contribution in [-0.4, -0.2) is 59.3 Å². The van der Waals surface area contributed by atoms with E-state index in [0.29, 0.717) is 18.7 Å². The van der Waals surface area contributed by atoms with Gasteiger partial charge in [0, 0.05) is 48.1 Å². The van der Waals surface area contributed by atoms with E-state index in [0.717, 1.165) is 52.9 Å². The number of aromatic amines is 1. The second-order valence-electron chi connectivity index (χ2n) is 10.5. The zero-order chi connectivity index (χ0) is 26.1. The van der Waals surface area contributed by atoms with Crippen LogP contribution in [0, 0.1) is 6.92 Å². The predicted molar refractivity (Wildman–Crippen MR) is 151 cm³/mol. The van der Waals surface area contributed by atoms with Gasteiger partial charge in [0.15, 0.2) is 0 Å². The van der Waals surface area contributed by atoms with Gasteiger partial charge in [0.05, 0.1) is 11.7 Å². The largest absolute Gasteiger partial charge is 0.355 e. The number of benzene rings is 3. The molecule has 1 saturated heterocycles. The van der Waals surface area contributed by atoms with Crippen molar-refractivity contribution in [3.8, 4) is 11.3 Å². The third kappa shape index (κ3) is 4.61. The number of carbonyl (C=O) groups is 2. The van der Waals surface area contributed by atoms with E-state index in [1.807, 2.05) is 35.2 Å². The fourth-order valence-corrected chi connectivity index (χ4v) is 5.98. The highest BCUT2D eigenvalue weighted by Gasteiger charge is 2.40. The zero-order valence-corrected chi connectivity index (χ0v) is 21.9. The summed E-state index contributed by atoms with van der Waals surface area (Å²) in [6, 6.07) is 24.3. The molecular weight excluding hydrogens is 472 g/mol. The maximum atomic E-state index is 13.7. The van der Waals surface area contributed by atoms with Crippen molar-refractivity contribution in [2.75, 3.05) is 32.7 Å². The lowest BCUT2D eigenvalue weighted by molar-refractivity contribution is -0.121. The lowest BCUT2D eigenvalue weighted by atomic mass is 9.93. The minimum atomic E-state index is -0.274. The molecule has 6 nitrogen and oxygen atoms in total.